The normalized spacial score (nSPS) is 25.1. The number of carbonyl (C=O) groups is 2. The summed E-state index contributed by atoms with van der Waals surface area (Å²) in [5, 5.41) is 0. The second-order valence-corrected chi connectivity index (χ2v) is 9.36. The minimum atomic E-state index is -0.178. The number of methoxy groups -OCH3 is 1. The van der Waals surface area contributed by atoms with E-state index in [1.54, 1.807) is 7.11 Å². The highest BCUT2D eigenvalue weighted by Gasteiger charge is 2.58. The average molecular weight is 380 g/mol. The summed E-state index contributed by atoms with van der Waals surface area (Å²) >= 11 is 0. The summed E-state index contributed by atoms with van der Waals surface area (Å²) in [6.07, 6.45) is 5.36. The number of rotatable bonds is 5. The van der Waals surface area contributed by atoms with E-state index in [0.29, 0.717) is 18.2 Å². The first-order valence-electron chi connectivity index (χ1n) is 10.6. The fourth-order valence-electron chi connectivity index (χ4n) is 5.37. The highest BCUT2D eigenvalue weighted by atomic mass is 16.5. The predicted octanol–water partition coefficient (Wildman–Crippen LogP) is 1.98. The zero-order valence-electron chi connectivity index (χ0n) is 17.6. The van der Waals surface area contributed by atoms with Crippen molar-refractivity contribution in [3.8, 4) is 0 Å². The van der Waals surface area contributed by atoms with Gasteiger partial charge in [-0.25, -0.2) is 0 Å². The smallest absolute Gasteiger partial charge is 0.229 e. The van der Waals surface area contributed by atoms with Crippen LogP contribution in [0.15, 0.2) is 0 Å². The van der Waals surface area contributed by atoms with Gasteiger partial charge in [0.25, 0.3) is 0 Å². The lowest BCUT2D eigenvalue weighted by molar-refractivity contribution is -0.140. The Kier molecular flexibility index (Phi) is 6.16. The Bertz CT molecular complexity index is 547. The van der Waals surface area contributed by atoms with E-state index in [9.17, 15) is 9.59 Å². The molecule has 2 spiro atoms. The van der Waals surface area contributed by atoms with Crippen molar-refractivity contribution in [2.45, 2.75) is 57.9 Å². The first-order valence-corrected chi connectivity index (χ1v) is 10.6. The zero-order chi connectivity index (χ0) is 19.7. The maximum atomic E-state index is 13.2. The maximum Gasteiger partial charge on any atom is 0.229 e. The molecular formula is C21H37N3O3. The van der Waals surface area contributed by atoms with Gasteiger partial charge in [0.2, 0.25) is 11.8 Å². The Morgan fingerprint density at radius 3 is 2.30 bits per heavy atom. The van der Waals surface area contributed by atoms with E-state index < -0.39 is 0 Å². The Morgan fingerprint density at radius 2 is 1.74 bits per heavy atom. The van der Waals surface area contributed by atoms with Crippen molar-refractivity contribution in [1.29, 1.82) is 0 Å². The summed E-state index contributed by atoms with van der Waals surface area (Å²) in [5.41, 5.74) is -0.219. The van der Waals surface area contributed by atoms with E-state index in [2.05, 4.69) is 23.6 Å². The summed E-state index contributed by atoms with van der Waals surface area (Å²) < 4.78 is 5.19. The molecule has 3 fully saturated rings. The van der Waals surface area contributed by atoms with Gasteiger partial charge in [-0.2, -0.15) is 0 Å². The van der Waals surface area contributed by atoms with Gasteiger partial charge in [-0.3, -0.25) is 9.59 Å². The van der Waals surface area contributed by atoms with Crippen molar-refractivity contribution in [1.82, 2.24) is 14.7 Å². The molecule has 0 saturated carbocycles. The number of carbonyl (C=O) groups excluding carboxylic acids is 2. The standard InChI is InChI=1S/C21H37N3O3/c1-17(2)15-18(25)24-11-7-21(8-12-24)16-20(19(26)22(21)3)5-9-23(10-6-20)13-14-27-4/h17H,5-16H2,1-4H3. The van der Waals surface area contributed by atoms with E-state index in [1.807, 2.05) is 11.9 Å². The molecule has 3 aliphatic rings. The van der Waals surface area contributed by atoms with Crippen LogP contribution in [0.2, 0.25) is 0 Å². The first-order chi connectivity index (χ1) is 12.8. The molecule has 3 aliphatic heterocycles. The number of likely N-dealkylation sites (tertiary alicyclic amines) is 3. The lowest BCUT2D eigenvalue weighted by atomic mass is 9.71. The molecule has 0 bridgehead atoms. The van der Waals surface area contributed by atoms with Crippen molar-refractivity contribution in [2.75, 3.05) is 53.5 Å². The largest absolute Gasteiger partial charge is 0.383 e. The molecular weight excluding hydrogens is 342 g/mol. The third kappa shape index (κ3) is 4.02. The van der Waals surface area contributed by atoms with E-state index in [-0.39, 0.29) is 16.9 Å². The van der Waals surface area contributed by atoms with Gasteiger partial charge in [0.15, 0.2) is 0 Å². The van der Waals surface area contributed by atoms with Gasteiger partial charge in [-0.05, 0) is 51.1 Å². The van der Waals surface area contributed by atoms with Crippen molar-refractivity contribution >= 4 is 11.8 Å². The fourth-order valence-corrected chi connectivity index (χ4v) is 5.37. The fraction of sp³-hybridized carbons (Fsp3) is 0.905. The number of hydrogen-bond donors (Lipinski definition) is 0. The Hall–Kier alpha value is -1.14. The molecule has 3 saturated heterocycles. The lowest BCUT2D eigenvalue weighted by Gasteiger charge is -2.44. The molecule has 0 N–H and O–H groups in total. The number of amides is 2. The highest BCUT2D eigenvalue weighted by molar-refractivity contribution is 5.86. The summed E-state index contributed by atoms with van der Waals surface area (Å²) in [5.74, 6) is 1.01. The lowest BCUT2D eigenvalue weighted by Crippen LogP contribution is -2.52. The van der Waals surface area contributed by atoms with Crippen LogP contribution < -0.4 is 0 Å². The second-order valence-electron chi connectivity index (χ2n) is 9.36. The van der Waals surface area contributed by atoms with Crippen molar-refractivity contribution in [3.05, 3.63) is 0 Å². The predicted molar refractivity (Wildman–Crippen MR) is 105 cm³/mol. The van der Waals surface area contributed by atoms with Crippen LogP contribution in [0, 0.1) is 11.3 Å². The summed E-state index contributed by atoms with van der Waals surface area (Å²) in [7, 11) is 3.74. The first kappa shape index (κ1) is 20.6. The monoisotopic (exact) mass is 379 g/mol. The van der Waals surface area contributed by atoms with Crippen molar-refractivity contribution in [2.24, 2.45) is 11.3 Å². The van der Waals surface area contributed by atoms with Crippen LogP contribution in [0.25, 0.3) is 0 Å². The quantitative estimate of drug-likeness (QED) is 0.733. The van der Waals surface area contributed by atoms with E-state index in [4.69, 9.17) is 4.74 Å². The molecule has 27 heavy (non-hydrogen) atoms. The molecule has 3 rings (SSSR count). The van der Waals surface area contributed by atoms with Gasteiger partial charge >= 0.3 is 0 Å². The van der Waals surface area contributed by atoms with Gasteiger partial charge < -0.3 is 19.4 Å². The Balaban J connectivity index is 1.61. The molecule has 0 aromatic heterocycles. The maximum absolute atomic E-state index is 13.2. The summed E-state index contributed by atoms with van der Waals surface area (Å²) in [6.45, 7) is 9.44. The molecule has 3 heterocycles. The molecule has 154 valence electrons. The Labute approximate surface area is 164 Å². The SMILES string of the molecule is COCCN1CCC2(CC1)CC1(CCN(C(=O)CC(C)C)CC1)N(C)C2=O. The van der Waals surface area contributed by atoms with Crippen LogP contribution in [0.5, 0.6) is 0 Å². The third-order valence-electron chi connectivity index (χ3n) is 7.19. The summed E-state index contributed by atoms with van der Waals surface area (Å²) in [4.78, 5) is 32.1. The molecule has 0 aliphatic carbocycles. The van der Waals surface area contributed by atoms with Crippen molar-refractivity contribution in [3.63, 3.8) is 0 Å². The molecule has 6 heteroatoms. The zero-order valence-corrected chi connectivity index (χ0v) is 17.6. The van der Waals surface area contributed by atoms with Gasteiger partial charge in [0.1, 0.15) is 0 Å². The number of hydrogen-bond acceptors (Lipinski definition) is 4. The minimum Gasteiger partial charge on any atom is -0.383 e. The van der Waals surface area contributed by atoms with Gasteiger partial charge in [-0.1, -0.05) is 13.8 Å². The minimum absolute atomic E-state index is 0.0413. The molecule has 0 radical (unpaired) electrons. The average Bonchev–Trinajstić information content (AvgIpc) is 2.83. The number of nitrogens with zero attached hydrogens (tertiary/aromatic N) is 3. The van der Waals surface area contributed by atoms with Crippen LogP contribution >= 0.6 is 0 Å². The van der Waals surface area contributed by atoms with Gasteiger partial charge in [-0.15, -0.1) is 0 Å². The molecule has 0 unspecified atom stereocenters. The van der Waals surface area contributed by atoms with E-state index in [1.165, 1.54) is 0 Å². The van der Waals surface area contributed by atoms with E-state index >= 15 is 0 Å². The molecule has 2 amide bonds. The molecule has 0 atom stereocenters. The van der Waals surface area contributed by atoms with Gasteiger partial charge in [0.05, 0.1) is 12.0 Å². The van der Waals surface area contributed by atoms with Gasteiger partial charge in [0, 0.05) is 45.8 Å². The second kappa shape index (κ2) is 8.08. The van der Waals surface area contributed by atoms with Crippen molar-refractivity contribution < 1.29 is 14.3 Å². The third-order valence-corrected chi connectivity index (χ3v) is 7.19. The molecule has 0 aromatic carbocycles. The number of ether oxygens (including phenoxy) is 1. The topological polar surface area (TPSA) is 53.1 Å². The highest BCUT2D eigenvalue weighted by Crippen LogP contribution is 2.52. The Morgan fingerprint density at radius 1 is 1.11 bits per heavy atom. The van der Waals surface area contributed by atoms with Crippen LogP contribution in [0.1, 0.15) is 52.4 Å². The molecule has 6 nitrogen and oxygen atoms in total. The number of piperidine rings is 2. The van der Waals surface area contributed by atoms with Crippen LogP contribution in [0.4, 0.5) is 0 Å². The summed E-state index contributed by atoms with van der Waals surface area (Å²) in [6, 6.07) is 0. The van der Waals surface area contributed by atoms with Crippen LogP contribution in [0.3, 0.4) is 0 Å². The van der Waals surface area contributed by atoms with E-state index in [0.717, 1.165) is 71.4 Å². The van der Waals surface area contributed by atoms with Crippen LogP contribution in [-0.4, -0.2) is 85.5 Å². The van der Waals surface area contributed by atoms with Crippen LogP contribution in [-0.2, 0) is 14.3 Å². The molecule has 0 aromatic rings.